The number of halogens is 1. The Morgan fingerprint density at radius 3 is 2.81 bits per heavy atom. The van der Waals surface area contributed by atoms with Crippen molar-refractivity contribution < 1.29 is 19.4 Å². The second-order valence-corrected chi connectivity index (χ2v) is 9.85. The number of aromatic nitrogens is 1. The highest BCUT2D eigenvalue weighted by Crippen LogP contribution is 2.55. The summed E-state index contributed by atoms with van der Waals surface area (Å²) in [5, 5.41) is 20.4. The zero-order valence-electron chi connectivity index (χ0n) is 18.6. The molecular formula is C25H29FN2O4. The van der Waals surface area contributed by atoms with E-state index in [-0.39, 0.29) is 53.1 Å². The second kappa shape index (κ2) is 7.24. The van der Waals surface area contributed by atoms with Gasteiger partial charge < -0.3 is 14.8 Å². The molecule has 7 heteroatoms. The number of allylic oxidation sites excluding steroid dienone is 2. The van der Waals surface area contributed by atoms with Gasteiger partial charge in [0.25, 0.3) is 5.56 Å². The van der Waals surface area contributed by atoms with Gasteiger partial charge in [-0.25, -0.2) is 9.18 Å². The summed E-state index contributed by atoms with van der Waals surface area (Å²) in [5.41, 5.74) is 0.956. The van der Waals surface area contributed by atoms with Crippen LogP contribution in [0.2, 0.25) is 0 Å². The Balaban J connectivity index is 1.65. The Labute approximate surface area is 186 Å². The smallest absolute Gasteiger partial charge is 0.340 e. The van der Waals surface area contributed by atoms with Crippen LogP contribution >= 0.6 is 0 Å². The van der Waals surface area contributed by atoms with Crippen molar-refractivity contribution >= 4 is 11.7 Å². The van der Waals surface area contributed by atoms with Gasteiger partial charge in [0.15, 0.2) is 5.60 Å². The molecule has 1 aromatic heterocycles. The fourth-order valence-corrected chi connectivity index (χ4v) is 5.95. The number of aliphatic hydroxyl groups is 1. The largest absolute Gasteiger partial charge is 0.479 e. The third-order valence-corrected chi connectivity index (χ3v) is 8.16. The van der Waals surface area contributed by atoms with Crippen LogP contribution in [0.5, 0.6) is 0 Å². The van der Waals surface area contributed by atoms with Gasteiger partial charge in [0.05, 0.1) is 17.4 Å². The second-order valence-electron chi connectivity index (χ2n) is 9.85. The Bertz CT molecular complexity index is 1160. The standard InChI is InChI=1S/C25H29FN2O4/c1-4-25(32,24(30)31)14-8-19-22-17(11-28(19)20(29)9-14)12(2)6-5-7-15-13(3)18(26)10-16-21(15)23(16)27-22/h8-10,12,16-17,21,23,32H,4-7,11H2,1-3H3,(H,30,31)/b27-22+/t12?,16?,17?,21-,23?,25+/m1/s1. The first-order valence-electron chi connectivity index (χ1n) is 11.5. The van der Waals surface area contributed by atoms with E-state index in [0.717, 1.165) is 30.5 Å². The van der Waals surface area contributed by atoms with Crippen molar-refractivity contribution in [3.05, 3.63) is 56.8 Å². The van der Waals surface area contributed by atoms with E-state index >= 15 is 0 Å². The van der Waals surface area contributed by atoms with Gasteiger partial charge in [0.1, 0.15) is 5.83 Å². The van der Waals surface area contributed by atoms with E-state index in [0.29, 0.717) is 12.2 Å². The van der Waals surface area contributed by atoms with Crippen molar-refractivity contribution in [2.75, 3.05) is 0 Å². The average Bonchev–Trinajstić information content (AvgIpc) is 3.28. The minimum absolute atomic E-state index is 0.0422. The Kier molecular flexibility index (Phi) is 4.82. The molecule has 3 heterocycles. The first-order valence-corrected chi connectivity index (χ1v) is 11.5. The minimum Gasteiger partial charge on any atom is -0.479 e. The van der Waals surface area contributed by atoms with Crippen molar-refractivity contribution in [2.24, 2.45) is 28.7 Å². The van der Waals surface area contributed by atoms with Gasteiger partial charge in [0.2, 0.25) is 0 Å². The highest BCUT2D eigenvalue weighted by Gasteiger charge is 2.54. The maximum absolute atomic E-state index is 14.5. The molecule has 0 aromatic carbocycles. The summed E-state index contributed by atoms with van der Waals surface area (Å²) in [5.74, 6) is -0.945. The lowest BCUT2D eigenvalue weighted by Crippen LogP contribution is -2.37. The molecule has 0 saturated heterocycles. The molecule has 0 radical (unpaired) electrons. The zero-order chi connectivity index (χ0) is 22.9. The monoisotopic (exact) mass is 440 g/mol. The molecule has 6 atom stereocenters. The lowest BCUT2D eigenvalue weighted by Gasteiger charge is -2.23. The minimum atomic E-state index is -2.12. The fraction of sp³-hybridized carbons (Fsp3) is 0.560. The topological polar surface area (TPSA) is 91.9 Å². The summed E-state index contributed by atoms with van der Waals surface area (Å²) < 4.78 is 16.2. The molecule has 32 heavy (non-hydrogen) atoms. The van der Waals surface area contributed by atoms with Gasteiger partial charge in [0, 0.05) is 35.9 Å². The molecule has 4 aliphatic rings. The van der Waals surface area contributed by atoms with E-state index in [2.05, 4.69) is 6.92 Å². The number of carbonyl (C=O) groups is 1. The van der Waals surface area contributed by atoms with Gasteiger partial charge in [-0.1, -0.05) is 19.4 Å². The van der Waals surface area contributed by atoms with Crippen LogP contribution in [0.3, 0.4) is 0 Å². The quantitative estimate of drug-likeness (QED) is 0.752. The molecule has 5 rings (SSSR count). The summed E-state index contributed by atoms with van der Waals surface area (Å²) in [7, 11) is 0. The number of carboxylic acids is 1. The number of rotatable bonds is 3. The molecule has 2 N–H and O–H groups in total. The summed E-state index contributed by atoms with van der Waals surface area (Å²) in [6, 6.07) is 2.81. The molecule has 170 valence electrons. The molecule has 0 bridgehead atoms. The van der Waals surface area contributed by atoms with Crippen LogP contribution < -0.4 is 5.56 Å². The van der Waals surface area contributed by atoms with Crippen LogP contribution in [0.25, 0.3) is 0 Å². The first kappa shape index (κ1) is 21.3. The number of pyridine rings is 1. The maximum atomic E-state index is 14.5. The third-order valence-electron chi connectivity index (χ3n) is 8.16. The van der Waals surface area contributed by atoms with E-state index < -0.39 is 11.6 Å². The number of hydrogen-bond acceptors (Lipinski definition) is 4. The molecule has 0 spiro atoms. The number of fused-ring (bicyclic) bond motifs is 4. The van der Waals surface area contributed by atoms with Gasteiger partial charge >= 0.3 is 5.97 Å². The predicted molar refractivity (Wildman–Crippen MR) is 118 cm³/mol. The van der Waals surface area contributed by atoms with Crippen LogP contribution in [0.15, 0.2) is 45.0 Å². The van der Waals surface area contributed by atoms with Crippen molar-refractivity contribution in [3.63, 3.8) is 0 Å². The molecule has 4 unspecified atom stereocenters. The summed E-state index contributed by atoms with van der Waals surface area (Å²) >= 11 is 0. The van der Waals surface area contributed by atoms with Crippen molar-refractivity contribution in [3.8, 4) is 0 Å². The molecule has 1 aromatic rings. The fourth-order valence-electron chi connectivity index (χ4n) is 5.95. The van der Waals surface area contributed by atoms with Gasteiger partial charge in [-0.15, -0.1) is 0 Å². The predicted octanol–water partition coefficient (Wildman–Crippen LogP) is 3.57. The number of carboxylic acid groups (broad SMARTS) is 1. The van der Waals surface area contributed by atoms with E-state index in [1.54, 1.807) is 23.6 Å². The molecule has 0 amide bonds. The average molecular weight is 441 g/mol. The number of aliphatic imine (C=N–C) groups is 1. The van der Waals surface area contributed by atoms with Crippen LogP contribution in [0.4, 0.5) is 4.39 Å². The summed E-state index contributed by atoms with van der Waals surface area (Å²) in [4.78, 5) is 29.9. The van der Waals surface area contributed by atoms with Crippen LogP contribution in [0.1, 0.15) is 57.7 Å². The Morgan fingerprint density at radius 1 is 1.38 bits per heavy atom. The van der Waals surface area contributed by atoms with E-state index in [1.165, 1.54) is 11.6 Å². The van der Waals surface area contributed by atoms with Crippen molar-refractivity contribution in [1.82, 2.24) is 4.57 Å². The number of hydrogen-bond donors (Lipinski definition) is 2. The zero-order valence-corrected chi connectivity index (χ0v) is 18.6. The number of nitrogens with zero attached hydrogens (tertiary/aromatic N) is 2. The third kappa shape index (κ3) is 2.97. The normalized spacial score (nSPS) is 34.3. The lowest BCUT2D eigenvalue weighted by molar-refractivity contribution is -0.160. The molecular weight excluding hydrogens is 411 g/mol. The number of aliphatic carboxylic acids is 1. The van der Waals surface area contributed by atoms with Gasteiger partial charge in [-0.3, -0.25) is 9.79 Å². The van der Waals surface area contributed by atoms with Crippen LogP contribution in [-0.4, -0.2) is 32.5 Å². The van der Waals surface area contributed by atoms with E-state index in [1.807, 2.05) is 6.92 Å². The lowest BCUT2D eigenvalue weighted by atomic mass is 9.84. The van der Waals surface area contributed by atoms with Crippen molar-refractivity contribution in [1.29, 1.82) is 0 Å². The Morgan fingerprint density at radius 2 is 2.12 bits per heavy atom. The van der Waals surface area contributed by atoms with E-state index in [9.17, 15) is 24.2 Å². The first-order chi connectivity index (χ1) is 15.2. The highest BCUT2D eigenvalue weighted by atomic mass is 19.1. The van der Waals surface area contributed by atoms with Gasteiger partial charge in [-0.2, -0.15) is 0 Å². The molecule has 2 aliphatic heterocycles. The molecule has 1 fully saturated rings. The van der Waals surface area contributed by atoms with Gasteiger partial charge in [-0.05, 0) is 56.2 Å². The van der Waals surface area contributed by atoms with Crippen LogP contribution in [0, 0.1) is 23.7 Å². The molecule has 1 saturated carbocycles. The maximum Gasteiger partial charge on any atom is 0.340 e. The Hall–Kier alpha value is -2.54. The van der Waals surface area contributed by atoms with Crippen LogP contribution in [-0.2, 0) is 16.9 Å². The summed E-state index contributed by atoms with van der Waals surface area (Å²) in [6.45, 7) is 6.10. The SMILES string of the molecule is CC[C@@](O)(C(=O)O)c1cc2n(c(=O)c1)CC1/C2=N\C2C3C=C(F)C(C)=C(CCCC1C)[C@H]32. The van der Waals surface area contributed by atoms with E-state index in [4.69, 9.17) is 4.99 Å². The summed E-state index contributed by atoms with van der Waals surface area (Å²) in [6.07, 6.45) is 4.42. The highest BCUT2D eigenvalue weighted by molar-refractivity contribution is 6.03. The molecule has 2 aliphatic carbocycles. The molecule has 6 nitrogen and oxygen atoms in total. The van der Waals surface area contributed by atoms with Crippen molar-refractivity contribution in [2.45, 2.75) is 64.6 Å².